The smallest absolute Gasteiger partial charge is 0.0423 e. The van der Waals surface area contributed by atoms with Gasteiger partial charge in [-0.1, -0.05) is 43.3 Å². The quantitative estimate of drug-likeness (QED) is 0.724. The van der Waals surface area contributed by atoms with Gasteiger partial charge in [0.1, 0.15) is 0 Å². The highest BCUT2D eigenvalue weighted by Crippen LogP contribution is 2.18. The lowest BCUT2D eigenvalue weighted by molar-refractivity contribution is 0.314. The number of benzene rings is 1. The van der Waals surface area contributed by atoms with E-state index in [9.17, 15) is 0 Å². The van der Waals surface area contributed by atoms with Gasteiger partial charge in [-0.05, 0) is 30.5 Å². The van der Waals surface area contributed by atoms with Crippen molar-refractivity contribution in [2.75, 3.05) is 6.54 Å². The zero-order chi connectivity index (χ0) is 10.5. The first-order valence-electron chi connectivity index (χ1n) is 5.85. The van der Waals surface area contributed by atoms with Gasteiger partial charge in [0.25, 0.3) is 0 Å². The maximum Gasteiger partial charge on any atom is 0.0423 e. The average molecular weight is 201 g/mol. The third-order valence-corrected chi connectivity index (χ3v) is 3.11. The summed E-state index contributed by atoms with van der Waals surface area (Å²) in [6, 6.07) is 10.7. The Morgan fingerprint density at radius 1 is 1.27 bits per heavy atom. The van der Waals surface area contributed by atoms with Crippen molar-refractivity contribution in [3.63, 3.8) is 0 Å². The van der Waals surface area contributed by atoms with Crippen molar-refractivity contribution in [3.8, 4) is 0 Å². The third kappa shape index (κ3) is 2.85. The number of rotatable bonds is 3. The molecule has 0 N–H and O–H groups in total. The first-order chi connectivity index (χ1) is 7.38. The molecule has 2 rings (SSSR count). The second-order valence-electron chi connectivity index (χ2n) is 4.25. The Kier molecular flexibility index (Phi) is 3.44. The molecule has 1 aliphatic heterocycles. The van der Waals surface area contributed by atoms with Crippen molar-refractivity contribution < 1.29 is 0 Å². The van der Waals surface area contributed by atoms with Crippen LogP contribution < -0.4 is 0 Å². The molecule has 0 fully saturated rings. The summed E-state index contributed by atoms with van der Waals surface area (Å²) in [5.74, 6) is 0.803. The summed E-state index contributed by atoms with van der Waals surface area (Å²) in [5, 5.41) is 0. The minimum Gasteiger partial charge on any atom is -0.373 e. The van der Waals surface area contributed by atoms with E-state index in [0.717, 1.165) is 12.5 Å². The van der Waals surface area contributed by atoms with Crippen LogP contribution in [-0.2, 0) is 6.54 Å². The van der Waals surface area contributed by atoms with Crippen molar-refractivity contribution in [1.82, 2.24) is 4.90 Å². The standard InChI is InChI=1S/C14H19N/c1-2-13-8-10-15(11-9-13)12-14-6-4-3-5-7-14/h3-8,10,13H,2,9,11-12H2,1H3. The second kappa shape index (κ2) is 5.01. The molecule has 0 saturated heterocycles. The Bertz CT molecular complexity index is 315. The predicted molar refractivity (Wildman–Crippen MR) is 64.4 cm³/mol. The van der Waals surface area contributed by atoms with Crippen LogP contribution in [0, 0.1) is 5.92 Å². The van der Waals surface area contributed by atoms with E-state index in [-0.39, 0.29) is 0 Å². The molecule has 1 aromatic carbocycles. The normalized spacial score (nSPS) is 20.6. The highest BCUT2D eigenvalue weighted by atomic mass is 15.1. The predicted octanol–water partition coefficient (Wildman–Crippen LogP) is 3.43. The van der Waals surface area contributed by atoms with E-state index in [1.807, 2.05) is 0 Å². The van der Waals surface area contributed by atoms with E-state index in [4.69, 9.17) is 0 Å². The molecule has 0 bridgehead atoms. The summed E-state index contributed by atoms with van der Waals surface area (Å²) in [6.07, 6.45) is 7.20. The van der Waals surface area contributed by atoms with Crippen LogP contribution in [0.5, 0.6) is 0 Å². The Labute approximate surface area is 92.4 Å². The average Bonchev–Trinajstić information content (AvgIpc) is 2.31. The molecule has 1 aromatic rings. The molecule has 1 nitrogen and oxygen atoms in total. The largest absolute Gasteiger partial charge is 0.373 e. The van der Waals surface area contributed by atoms with Gasteiger partial charge >= 0.3 is 0 Å². The molecule has 0 aromatic heterocycles. The number of hydrogen-bond donors (Lipinski definition) is 0. The lowest BCUT2D eigenvalue weighted by Gasteiger charge is -2.27. The summed E-state index contributed by atoms with van der Waals surface area (Å²) in [4.78, 5) is 2.40. The summed E-state index contributed by atoms with van der Waals surface area (Å²) in [5.41, 5.74) is 1.40. The molecule has 0 aliphatic carbocycles. The van der Waals surface area contributed by atoms with Crippen LogP contribution in [0.3, 0.4) is 0 Å². The molecule has 1 atom stereocenters. The van der Waals surface area contributed by atoms with Gasteiger partial charge in [-0.25, -0.2) is 0 Å². The van der Waals surface area contributed by atoms with E-state index >= 15 is 0 Å². The molecule has 0 radical (unpaired) electrons. The summed E-state index contributed by atoms with van der Waals surface area (Å²) in [6.45, 7) is 4.51. The number of nitrogens with zero attached hydrogens (tertiary/aromatic N) is 1. The maximum atomic E-state index is 2.40. The topological polar surface area (TPSA) is 3.24 Å². The van der Waals surface area contributed by atoms with Crippen LogP contribution >= 0.6 is 0 Å². The van der Waals surface area contributed by atoms with Crippen LogP contribution in [0.2, 0.25) is 0 Å². The molecule has 1 unspecified atom stereocenters. The molecule has 0 spiro atoms. The van der Waals surface area contributed by atoms with E-state index in [0.29, 0.717) is 0 Å². The molecular formula is C14H19N. The van der Waals surface area contributed by atoms with Crippen molar-refractivity contribution in [2.24, 2.45) is 5.92 Å². The summed E-state index contributed by atoms with van der Waals surface area (Å²) in [7, 11) is 0. The minimum absolute atomic E-state index is 0.803. The minimum atomic E-state index is 0.803. The molecule has 1 heteroatoms. The van der Waals surface area contributed by atoms with Gasteiger partial charge < -0.3 is 4.90 Å². The fraction of sp³-hybridized carbons (Fsp3) is 0.429. The molecule has 1 aliphatic rings. The highest BCUT2D eigenvalue weighted by Gasteiger charge is 2.10. The van der Waals surface area contributed by atoms with Gasteiger partial charge in [-0.2, -0.15) is 0 Å². The Morgan fingerprint density at radius 2 is 2.07 bits per heavy atom. The zero-order valence-corrected chi connectivity index (χ0v) is 9.39. The van der Waals surface area contributed by atoms with Crippen LogP contribution in [0.1, 0.15) is 25.3 Å². The van der Waals surface area contributed by atoms with Crippen molar-refractivity contribution in [1.29, 1.82) is 0 Å². The van der Waals surface area contributed by atoms with Gasteiger partial charge in [-0.15, -0.1) is 0 Å². The van der Waals surface area contributed by atoms with Crippen LogP contribution in [0.15, 0.2) is 42.6 Å². The van der Waals surface area contributed by atoms with Crippen molar-refractivity contribution in [3.05, 3.63) is 48.2 Å². The van der Waals surface area contributed by atoms with Gasteiger partial charge in [-0.3, -0.25) is 0 Å². The molecular weight excluding hydrogens is 182 g/mol. The highest BCUT2D eigenvalue weighted by molar-refractivity contribution is 5.15. The molecule has 1 heterocycles. The Balaban J connectivity index is 1.92. The van der Waals surface area contributed by atoms with Crippen LogP contribution in [0.25, 0.3) is 0 Å². The number of allylic oxidation sites excluding steroid dienone is 1. The first kappa shape index (κ1) is 10.3. The zero-order valence-electron chi connectivity index (χ0n) is 9.39. The van der Waals surface area contributed by atoms with Gasteiger partial charge in [0, 0.05) is 13.1 Å². The number of hydrogen-bond acceptors (Lipinski definition) is 1. The van der Waals surface area contributed by atoms with Gasteiger partial charge in [0.05, 0.1) is 0 Å². The van der Waals surface area contributed by atoms with Gasteiger partial charge in [0.2, 0.25) is 0 Å². The van der Waals surface area contributed by atoms with E-state index < -0.39 is 0 Å². The molecule has 0 saturated carbocycles. The van der Waals surface area contributed by atoms with E-state index in [1.54, 1.807) is 0 Å². The molecule has 15 heavy (non-hydrogen) atoms. The fourth-order valence-electron chi connectivity index (χ4n) is 2.04. The molecule has 80 valence electrons. The monoisotopic (exact) mass is 201 g/mol. The summed E-state index contributed by atoms with van der Waals surface area (Å²) < 4.78 is 0. The maximum absolute atomic E-state index is 2.40. The Morgan fingerprint density at radius 3 is 2.67 bits per heavy atom. The third-order valence-electron chi connectivity index (χ3n) is 3.11. The summed E-state index contributed by atoms with van der Waals surface area (Å²) >= 11 is 0. The van der Waals surface area contributed by atoms with E-state index in [1.165, 1.54) is 24.9 Å². The Hall–Kier alpha value is -1.24. The van der Waals surface area contributed by atoms with Crippen LogP contribution in [0.4, 0.5) is 0 Å². The lowest BCUT2D eigenvalue weighted by atomic mass is 9.99. The fourth-order valence-corrected chi connectivity index (χ4v) is 2.04. The second-order valence-corrected chi connectivity index (χ2v) is 4.25. The van der Waals surface area contributed by atoms with Gasteiger partial charge in [0.15, 0.2) is 0 Å². The SMILES string of the molecule is CCC1C=CN(Cc2ccccc2)CC1. The van der Waals surface area contributed by atoms with E-state index in [2.05, 4.69) is 54.4 Å². The van der Waals surface area contributed by atoms with Crippen molar-refractivity contribution in [2.45, 2.75) is 26.3 Å². The lowest BCUT2D eigenvalue weighted by Crippen LogP contribution is -2.23. The van der Waals surface area contributed by atoms with Crippen LogP contribution in [-0.4, -0.2) is 11.4 Å². The van der Waals surface area contributed by atoms with Crippen molar-refractivity contribution >= 4 is 0 Å². The molecule has 0 amide bonds. The first-order valence-corrected chi connectivity index (χ1v) is 5.85.